The molecule has 160 valence electrons. The zero-order valence-electron chi connectivity index (χ0n) is 17.9. The van der Waals surface area contributed by atoms with Crippen LogP contribution in [-0.4, -0.2) is 22.3 Å². The Morgan fingerprint density at radius 2 is 1.53 bits per heavy atom. The van der Waals surface area contributed by atoms with Crippen LogP contribution in [0, 0.1) is 11.6 Å². The second kappa shape index (κ2) is 8.80. The molecular formula is C22H25BF2INO2S. The molecule has 30 heavy (non-hydrogen) atoms. The molecule has 0 spiro atoms. The van der Waals surface area contributed by atoms with Crippen LogP contribution in [0.1, 0.15) is 41.5 Å². The van der Waals surface area contributed by atoms with Gasteiger partial charge in [0.1, 0.15) is 11.6 Å². The van der Waals surface area contributed by atoms with Gasteiger partial charge in [-0.3, -0.25) is 3.97 Å². The summed E-state index contributed by atoms with van der Waals surface area (Å²) in [6.07, 6.45) is 1.96. The lowest BCUT2D eigenvalue weighted by atomic mass is 9.78. The van der Waals surface area contributed by atoms with Gasteiger partial charge < -0.3 is 9.31 Å². The van der Waals surface area contributed by atoms with E-state index in [-0.39, 0.29) is 5.56 Å². The first-order valence-corrected chi connectivity index (χ1v) is 13.2. The quantitative estimate of drug-likeness (QED) is 0.270. The van der Waals surface area contributed by atoms with Crippen molar-refractivity contribution in [1.29, 1.82) is 0 Å². The Bertz CT molecular complexity index is 1030. The molecule has 3 nitrogen and oxygen atoms in total. The van der Waals surface area contributed by atoms with E-state index in [1.165, 1.54) is 27.3 Å². The fourth-order valence-corrected chi connectivity index (χ4v) is 4.73. The Labute approximate surface area is 193 Å². The number of rotatable bonds is 3. The van der Waals surface area contributed by atoms with Gasteiger partial charge in [0.05, 0.1) is 22.3 Å². The SMILES string of the molecule is CC.CC1(C)OB(c2cn(SI)c3ccc(-c4c(F)cccc4F)cc23)OC1(C)C. The predicted molar refractivity (Wildman–Crippen MR) is 131 cm³/mol. The van der Waals surface area contributed by atoms with E-state index in [4.69, 9.17) is 9.31 Å². The van der Waals surface area contributed by atoms with E-state index in [9.17, 15) is 8.78 Å². The Hall–Kier alpha value is -1.10. The molecule has 8 heteroatoms. The smallest absolute Gasteiger partial charge is 0.399 e. The van der Waals surface area contributed by atoms with Crippen LogP contribution in [0.4, 0.5) is 8.78 Å². The van der Waals surface area contributed by atoms with Gasteiger partial charge in [-0.15, -0.1) is 0 Å². The molecule has 0 saturated carbocycles. The van der Waals surface area contributed by atoms with Gasteiger partial charge in [-0.05, 0) is 57.5 Å². The number of benzene rings is 2. The van der Waals surface area contributed by atoms with Gasteiger partial charge in [0.25, 0.3) is 0 Å². The molecule has 0 atom stereocenters. The van der Waals surface area contributed by atoms with Crippen molar-refractivity contribution in [2.24, 2.45) is 0 Å². The summed E-state index contributed by atoms with van der Waals surface area (Å²) in [7, 11) is 0.956. The molecule has 4 rings (SSSR count). The summed E-state index contributed by atoms with van der Waals surface area (Å²) < 4.78 is 43.1. The van der Waals surface area contributed by atoms with Crippen LogP contribution in [0.25, 0.3) is 22.0 Å². The van der Waals surface area contributed by atoms with E-state index in [0.717, 1.165) is 16.4 Å². The zero-order chi connectivity index (χ0) is 22.3. The molecular weight excluding hydrogens is 518 g/mol. The van der Waals surface area contributed by atoms with E-state index < -0.39 is 30.0 Å². The molecule has 0 radical (unpaired) electrons. The number of nitrogens with zero attached hydrogens (tertiary/aromatic N) is 1. The van der Waals surface area contributed by atoms with Gasteiger partial charge in [0, 0.05) is 47.4 Å². The lowest BCUT2D eigenvalue weighted by Crippen LogP contribution is -2.41. The van der Waals surface area contributed by atoms with Crippen LogP contribution in [0.2, 0.25) is 0 Å². The lowest BCUT2D eigenvalue weighted by molar-refractivity contribution is 0.00578. The average Bonchev–Trinajstić information content (AvgIpc) is 3.16. The van der Waals surface area contributed by atoms with E-state index in [1.54, 1.807) is 12.1 Å². The van der Waals surface area contributed by atoms with Gasteiger partial charge >= 0.3 is 7.12 Å². The molecule has 1 aromatic heterocycles. The lowest BCUT2D eigenvalue weighted by Gasteiger charge is -2.32. The van der Waals surface area contributed by atoms with Crippen LogP contribution >= 0.6 is 30.3 Å². The minimum atomic E-state index is -0.584. The van der Waals surface area contributed by atoms with Crippen LogP contribution in [0.15, 0.2) is 42.6 Å². The van der Waals surface area contributed by atoms with Gasteiger partial charge in [-0.25, -0.2) is 8.78 Å². The van der Waals surface area contributed by atoms with Gasteiger partial charge in [-0.1, -0.05) is 26.0 Å². The summed E-state index contributed by atoms with van der Waals surface area (Å²) >= 11 is 2.20. The Balaban J connectivity index is 0.00000124. The summed E-state index contributed by atoms with van der Waals surface area (Å²) in [6.45, 7) is 12.0. The predicted octanol–water partition coefficient (Wildman–Crippen LogP) is 6.76. The number of fused-ring (bicyclic) bond motifs is 1. The minimum Gasteiger partial charge on any atom is -0.399 e. The maximum absolute atomic E-state index is 14.3. The van der Waals surface area contributed by atoms with Crippen LogP contribution in [0.5, 0.6) is 0 Å². The largest absolute Gasteiger partial charge is 0.497 e. The third-order valence-corrected chi connectivity index (χ3v) is 7.36. The van der Waals surface area contributed by atoms with Crippen molar-refractivity contribution in [2.75, 3.05) is 0 Å². The molecule has 1 fully saturated rings. The molecule has 0 N–H and O–H groups in total. The van der Waals surface area contributed by atoms with Crippen LogP contribution < -0.4 is 5.46 Å². The molecule has 1 aliphatic rings. The highest BCUT2D eigenvalue weighted by molar-refractivity contribution is 14.2. The minimum absolute atomic E-state index is 0.0286. The second-order valence-corrected chi connectivity index (χ2v) is 9.61. The summed E-state index contributed by atoms with van der Waals surface area (Å²) in [6, 6.07) is 9.32. The summed E-state index contributed by atoms with van der Waals surface area (Å²) in [4.78, 5) is 0. The normalized spacial score (nSPS) is 17.2. The average molecular weight is 543 g/mol. The fraction of sp³-hybridized carbons (Fsp3) is 0.364. The summed E-state index contributed by atoms with van der Waals surface area (Å²) in [5, 5.41) is 0.850. The molecule has 0 aliphatic carbocycles. The van der Waals surface area contributed by atoms with Crippen LogP contribution in [-0.2, 0) is 9.31 Å². The highest BCUT2D eigenvalue weighted by Crippen LogP contribution is 2.38. The highest BCUT2D eigenvalue weighted by Gasteiger charge is 2.52. The first-order chi connectivity index (χ1) is 14.1. The number of hydrogen-bond donors (Lipinski definition) is 0. The maximum Gasteiger partial charge on any atom is 0.497 e. The van der Waals surface area contributed by atoms with E-state index in [1.807, 2.05) is 57.8 Å². The van der Waals surface area contributed by atoms with Crippen molar-refractivity contribution in [2.45, 2.75) is 52.7 Å². The number of aromatic nitrogens is 1. The Morgan fingerprint density at radius 3 is 2.07 bits per heavy atom. The van der Waals surface area contributed by atoms with E-state index in [2.05, 4.69) is 21.2 Å². The molecule has 0 unspecified atom stereocenters. The maximum atomic E-state index is 14.3. The molecule has 1 saturated heterocycles. The van der Waals surface area contributed by atoms with Crippen molar-refractivity contribution in [3.05, 3.63) is 54.2 Å². The van der Waals surface area contributed by atoms with Crippen molar-refractivity contribution in [1.82, 2.24) is 3.97 Å². The third-order valence-electron chi connectivity index (χ3n) is 5.63. The van der Waals surface area contributed by atoms with E-state index in [0.29, 0.717) is 5.56 Å². The summed E-state index contributed by atoms with van der Waals surface area (Å²) in [5.41, 5.74) is 1.29. The van der Waals surface area contributed by atoms with Crippen molar-refractivity contribution in [3.8, 4) is 11.1 Å². The van der Waals surface area contributed by atoms with Gasteiger partial charge in [-0.2, -0.15) is 0 Å². The molecule has 2 heterocycles. The first-order valence-electron chi connectivity index (χ1n) is 9.89. The van der Waals surface area contributed by atoms with E-state index >= 15 is 0 Å². The van der Waals surface area contributed by atoms with Crippen molar-refractivity contribution >= 4 is 53.8 Å². The van der Waals surface area contributed by atoms with Crippen molar-refractivity contribution < 1.29 is 18.1 Å². The second-order valence-electron chi connectivity index (χ2n) is 7.90. The highest BCUT2D eigenvalue weighted by atomic mass is 127. The number of halogens is 3. The number of hydrogen-bond acceptors (Lipinski definition) is 3. The van der Waals surface area contributed by atoms with Gasteiger partial charge in [0.2, 0.25) is 0 Å². The molecule has 0 bridgehead atoms. The standard InChI is InChI=1S/C20H19BF2INO2S.C2H6/c1-19(2)20(3,4)27-21(26-19)14-11-25(28-24)17-9-8-12(10-13(14)17)18-15(22)6-5-7-16(18)23;1-2/h5-11H,1-4H3;1-2H3. The molecule has 1 aliphatic heterocycles. The topological polar surface area (TPSA) is 23.4 Å². The molecule has 0 amide bonds. The van der Waals surface area contributed by atoms with Crippen LogP contribution in [0.3, 0.4) is 0 Å². The zero-order valence-corrected chi connectivity index (χ0v) is 20.9. The van der Waals surface area contributed by atoms with Gasteiger partial charge in [0.15, 0.2) is 0 Å². The fourth-order valence-electron chi connectivity index (χ4n) is 3.37. The monoisotopic (exact) mass is 543 g/mol. The Morgan fingerprint density at radius 1 is 0.967 bits per heavy atom. The summed E-state index contributed by atoms with van der Waals surface area (Å²) in [5.74, 6) is -1.17. The Kier molecular flexibility index (Phi) is 6.91. The van der Waals surface area contributed by atoms with Crippen molar-refractivity contribution in [3.63, 3.8) is 0 Å². The third kappa shape index (κ3) is 4.03. The molecule has 2 aromatic carbocycles. The first kappa shape index (κ1) is 23.6. The molecule has 3 aromatic rings.